The van der Waals surface area contributed by atoms with Gasteiger partial charge in [0.1, 0.15) is 5.54 Å². The van der Waals surface area contributed by atoms with Crippen molar-refractivity contribution in [2.75, 3.05) is 21.1 Å². The van der Waals surface area contributed by atoms with Crippen LogP contribution in [0.15, 0.2) is 12.1 Å². The molecule has 0 aromatic carbocycles. The molecular weight excluding hydrogens is 356 g/mol. The predicted octanol–water partition coefficient (Wildman–Crippen LogP) is -0.138. The van der Waals surface area contributed by atoms with Gasteiger partial charge in [-0.3, -0.25) is 4.98 Å². The summed E-state index contributed by atoms with van der Waals surface area (Å²) in [5.74, 6) is 0. The third kappa shape index (κ3) is 7.86. The lowest BCUT2D eigenvalue weighted by Gasteiger charge is -2.42. The van der Waals surface area contributed by atoms with E-state index in [2.05, 4.69) is 88.7 Å². The predicted molar refractivity (Wildman–Crippen MR) is 92.7 cm³/mol. The molecule has 7 heteroatoms. The molecule has 0 unspecified atom stereocenters. The first-order chi connectivity index (χ1) is 11.1. The van der Waals surface area contributed by atoms with Crippen LogP contribution in [0.2, 0.25) is 0 Å². The van der Waals surface area contributed by atoms with Gasteiger partial charge in [-0.05, 0) is 26.0 Å². The first kappa shape index (κ1) is 25.2. The monoisotopic (exact) mass is 390 g/mol. The van der Waals surface area contributed by atoms with Crippen LogP contribution < -0.4 is 18.6 Å². The van der Waals surface area contributed by atoms with Gasteiger partial charge in [0.25, 0.3) is 0 Å². The van der Waals surface area contributed by atoms with Crippen molar-refractivity contribution in [2.24, 2.45) is 0 Å². The van der Waals surface area contributed by atoms with Gasteiger partial charge in [-0.2, -0.15) is 0 Å². The maximum atomic E-state index is 8.49. The van der Waals surface area contributed by atoms with Gasteiger partial charge in [0, 0.05) is 27.8 Å². The molecule has 26 heavy (non-hydrogen) atoms. The van der Waals surface area contributed by atoms with Crippen molar-refractivity contribution in [3.8, 4) is 0 Å². The van der Waals surface area contributed by atoms with Crippen molar-refractivity contribution in [3.05, 3.63) is 29.1 Å². The molecule has 0 atom stereocenters. The van der Waals surface area contributed by atoms with Crippen LogP contribution in [-0.4, -0.2) is 30.6 Å². The van der Waals surface area contributed by atoms with Crippen molar-refractivity contribution in [1.29, 1.82) is 0 Å². The molecule has 0 amide bonds. The molecule has 0 N–H and O–H groups in total. The molecule has 0 aliphatic heterocycles. The summed E-state index contributed by atoms with van der Waals surface area (Å²) in [5.41, 5.74) is 3.93. The molecular formula is C19H35ClN2O4. The number of pyridine rings is 1. The summed E-state index contributed by atoms with van der Waals surface area (Å²) >= 11 is 0. The van der Waals surface area contributed by atoms with E-state index in [1.54, 1.807) is 0 Å². The van der Waals surface area contributed by atoms with Crippen LogP contribution in [0.3, 0.4) is 0 Å². The van der Waals surface area contributed by atoms with E-state index in [1.165, 1.54) is 17.0 Å². The van der Waals surface area contributed by atoms with E-state index in [9.17, 15) is 0 Å². The molecule has 1 aromatic rings. The Morgan fingerprint density at radius 3 is 1.19 bits per heavy atom. The summed E-state index contributed by atoms with van der Waals surface area (Å²) in [7, 11) is 1.83. The zero-order chi connectivity index (χ0) is 21.4. The lowest BCUT2D eigenvalue weighted by molar-refractivity contribution is -2.00. The second kappa shape index (κ2) is 7.70. The minimum atomic E-state index is -4.94. The minimum Gasteiger partial charge on any atom is -0.323 e. The van der Waals surface area contributed by atoms with Gasteiger partial charge in [0.05, 0.1) is 21.1 Å². The van der Waals surface area contributed by atoms with Crippen LogP contribution >= 0.6 is 0 Å². The Balaban J connectivity index is 0.00000110. The number of nitrogens with zero attached hydrogens (tertiary/aromatic N) is 2. The largest absolute Gasteiger partial charge is 0.323 e. The molecule has 0 aliphatic rings. The summed E-state index contributed by atoms with van der Waals surface area (Å²) in [4.78, 5) is 4.96. The van der Waals surface area contributed by atoms with E-state index in [1.807, 2.05) is 0 Å². The first-order valence-corrected chi connectivity index (χ1v) is 9.77. The molecule has 0 spiro atoms. The van der Waals surface area contributed by atoms with Crippen molar-refractivity contribution < 1.29 is 33.4 Å². The number of hydrogen-bond donors (Lipinski definition) is 0. The molecule has 0 fully saturated rings. The lowest BCUT2D eigenvalue weighted by Crippen LogP contribution is -2.68. The molecule has 6 nitrogen and oxygen atoms in total. The zero-order valence-corrected chi connectivity index (χ0v) is 18.8. The number of halogens is 1. The Morgan fingerprint density at radius 2 is 1.00 bits per heavy atom. The van der Waals surface area contributed by atoms with E-state index in [0.29, 0.717) is 0 Å². The molecule has 1 aromatic heterocycles. The normalized spacial score (nSPS) is 14.0. The number of hydrogen-bond acceptors (Lipinski definition) is 5. The summed E-state index contributed by atoms with van der Waals surface area (Å²) in [5, 5.41) is 0. The van der Waals surface area contributed by atoms with Gasteiger partial charge >= 0.3 is 0 Å². The molecule has 0 bridgehead atoms. The van der Waals surface area contributed by atoms with Crippen LogP contribution in [0.25, 0.3) is 0 Å². The van der Waals surface area contributed by atoms with E-state index in [0.717, 1.165) is 4.48 Å². The standard InChI is InChI=1S/C19H35N2.ClHO4/c1-17(2,3)15-12-14(19(7,8)21(9,10)11)13-16(20-15)18(4,5)6;2-1(3,4)5/h12-13H,1-11H3;(H,2,3,4,5)/q+1;/p-1. The van der Waals surface area contributed by atoms with Gasteiger partial charge in [-0.15, -0.1) is 10.2 Å². The third-order valence-electron chi connectivity index (χ3n) is 4.75. The smallest absolute Gasteiger partial charge is 0.119 e. The second-order valence-corrected chi connectivity index (χ2v) is 10.8. The topological polar surface area (TPSA) is 105 Å². The summed E-state index contributed by atoms with van der Waals surface area (Å²) in [6.07, 6.45) is 0. The number of rotatable bonds is 2. The number of aromatic nitrogens is 1. The lowest BCUT2D eigenvalue weighted by atomic mass is 9.82. The minimum absolute atomic E-state index is 0.0446. The molecule has 1 rings (SSSR count). The van der Waals surface area contributed by atoms with Crippen LogP contribution in [-0.2, 0) is 16.4 Å². The summed E-state index contributed by atoms with van der Waals surface area (Å²) < 4.78 is 34.9. The van der Waals surface area contributed by atoms with Crippen molar-refractivity contribution in [3.63, 3.8) is 0 Å². The Morgan fingerprint density at radius 1 is 0.731 bits per heavy atom. The van der Waals surface area contributed by atoms with E-state index in [-0.39, 0.29) is 16.4 Å². The first-order valence-electron chi connectivity index (χ1n) is 8.53. The Kier molecular flexibility index (Phi) is 7.47. The SMILES string of the molecule is CC(C)(C)c1cc(C(C)(C)[N+](C)(C)C)cc(C(C)(C)C)n1.[O-][Cl+3]([O-])([O-])[O-]. The van der Waals surface area contributed by atoms with Gasteiger partial charge in [-0.25, -0.2) is 18.6 Å². The highest BCUT2D eigenvalue weighted by atomic mass is 35.7. The third-order valence-corrected chi connectivity index (χ3v) is 4.75. The molecule has 1 heterocycles. The second-order valence-electron chi connectivity index (χ2n) is 10.1. The van der Waals surface area contributed by atoms with Crippen molar-refractivity contribution in [2.45, 2.75) is 71.8 Å². The maximum Gasteiger partial charge on any atom is 0.119 e. The van der Waals surface area contributed by atoms with E-state index >= 15 is 0 Å². The Bertz CT molecular complexity index is 566. The fourth-order valence-electron chi connectivity index (χ4n) is 2.04. The number of quaternary nitrogens is 1. The average molecular weight is 391 g/mol. The van der Waals surface area contributed by atoms with Gasteiger partial charge in [0.15, 0.2) is 0 Å². The van der Waals surface area contributed by atoms with Gasteiger partial charge < -0.3 is 4.48 Å². The van der Waals surface area contributed by atoms with Crippen LogP contribution in [0.1, 0.15) is 72.3 Å². The molecule has 0 saturated heterocycles. The fourth-order valence-corrected chi connectivity index (χ4v) is 2.04. The summed E-state index contributed by atoms with van der Waals surface area (Å²) in [6, 6.07) is 4.61. The molecule has 0 saturated carbocycles. The van der Waals surface area contributed by atoms with Crippen molar-refractivity contribution >= 4 is 0 Å². The highest BCUT2D eigenvalue weighted by molar-refractivity contribution is 5.32. The van der Waals surface area contributed by atoms with Crippen LogP contribution in [0.4, 0.5) is 0 Å². The highest BCUT2D eigenvalue weighted by Gasteiger charge is 2.37. The molecule has 0 aliphatic carbocycles. The average Bonchev–Trinajstić information content (AvgIpc) is 2.32. The Labute approximate surface area is 160 Å². The van der Waals surface area contributed by atoms with Gasteiger partial charge in [0.2, 0.25) is 0 Å². The quantitative estimate of drug-likeness (QED) is 0.653. The highest BCUT2D eigenvalue weighted by Crippen LogP contribution is 2.35. The fraction of sp³-hybridized carbons (Fsp3) is 0.737. The van der Waals surface area contributed by atoms with E-state index < -0.39 is 10.2 Å². The Hall–Kier alpha value is -0.760. The summed E-state index contributed by atoms with van der Waals surface area (Å²) in [6.45, 7) is 18.1. The van der Waals surface area contributed by atoms with Crippen molar-refractivity contribution in [1.82, 2.24) is 4.98 Å². The van der Waals surface area contributed by atoms with Gasteiger partial charge in [-0.1, -0.05) is 41.5 Å². The van der Waals surface area contributed by atoms with E-state index in [4.69, 9.17) is 23.6 Å². The van der Waals surface area contributed by atoms with Crippen LogP contribution in [0, 0.1) is 10.2 Å². The van der Waals surface area contributed by atoms with Crippen LogP contribution in [0.5, 0.6) is 0 Å². The maximum absolute atomic E-state index is 8.49. The zero-order valence-electron chi connectivity index (χ0n) is 18.1. The molecule has 0 radical (unpaired) electrons. The molecule has 152 valence electrons.